The number of rotatable bonds is 9. The highest BCUT2D eigenvalue weighted by molar-refractivity contribution is 5.58. The van der Waals surface area contributed by atoms with Gasteiger partial charge in [-0.15, -0.1) is 5.10 Å². The molecule has 0 spiro atoms. The van der Waals surface area contributed by atoms with Crippen molar-refractivity contribution in [2.24, 2.45) is 0 Å². The molecule has 1 atom stereocenters. The van der Waals surface area contributed by atoms with Crippen molar-refractivity contribution < 1.29 is 4.74 Å². The maximum atomic E-state index is 5.56. The molecule has 1 saturated heterocycles. The predicted octanol–water partition coefficient (Wildman–Crippen LogP) is 3.59. The van der Waals surface area contributed by atoms with Gasteiger partial charge in [-0.05, 0) is 41.0 Å². The second-order valence-electron chi connectivity index (χ2n) is 8.00. The highest BCUT2D eigenvalue weighted by atomic mass is 16.5. The lowest BCUT2D eigenvalue weighted by Crippen LogP contribution is -2.48. The van der Waals surface area contributed by atoms with Gasteiger partial charge in [-0.2, -0.15) is 0 Å². The Morgan fingerprint density at radius 3 is 2.45 bits per heavy atom. The molecule has 7 heteroatoms. The third kappa shape index (κ3) is 5.05. The molecule has 1 fully saturated rings. The van der Waals surface area contributed by atoms with E-state index in [0.29, 0.717) is 0 Å². The fraction of sp³-hybridized carbons (Fsp3) is 0.458. The molecule has 0 bridgehead atoms. The molecule has 4 rings (SSSR count). The third-order valence-electron chi connectivity index (χ3n) is 6.06. The van der Waals surface area contributed by atoms with Crippen LogP contribution in [0.25, 0.3) is 0 Å². The summed E-state index contributed by atoms with van der Waals surface area (Å²) in [6.45, 7) is 6.92. The molecule has 2 heterocycles. The number of anilines is 1. The van der Waals surface area contributed by atoms with E-state index in [1.807, 2.05) is 22.9 Å². The molecule has 1 aliphatic heterocycles. The van der Waals surface area contributed by atoms with E-state index < -0.39 is 0 Å². The van der Waals surface area contributed by atoms with Crippen LogP contribution in [0.4, 0.5) is 5.69 Å². The van der Waals surface area contributed by atoms with Crippen molar-refractivity contribution in [3.8, 4) is 5.75 Å². The van der Waals surface area contributed by atoms with Gasteiger partial charge in [-0.3, -0.25) is 4.90 Å². The lowest BCUT2D eigenvalue weighted by atomic mass is 10.1. The first-order valence-corrected chi connectivity index (χ1v) is 11.2. The number of benzene rings is 2. The van der Waals surface area contributed by atoms with Gasteiger partial charge in [0.15, 0.2) is 5.82 Å². The van der Waals surface area contributed by atoms with Crippen LogP contribution in [0.15, 0.2) is 54.6 Å². The lowest BCUT2D eigenvalue weighted by molar-refractivity contribution is 0.163. The fourth-order valence-electron chi connectivity index (χ4n) is 4.40. The molecule has 164 valence electrons. The molecule has 0 unspecified atom stereocenters. The number of nitrogens with zero attached hydrogens (tertiary/aromatic N) is 6. The summed E-state index contributed by atoms with van der Waals surface area (Å²) in [4.78, 5) is 4.96. The molecule has 1 aliphatic rings. The van der Waals surface area contributed by atoms with Crippen LogP contribution in [0.3, 0.4) is 0 Å². The van der Waals surface area contributed by atoms with Gasteiger partial charge in [0.1, 0.15) is 5.75 Å². The Morgan fingerprint density at radius 1 is 0.968 bits per heavy atom. The number of methoxy groups -OCH3 is 1. The van der Waals surface area contributed by atoms with Gasteiger partial charge in [0, 0.05) is 32.7 Å². The number of para-hydroxylation sites is 2. The van der Waals surface area contributed by atoms with Gasteiger partial charge in [0.2, 0.25) is 0 Å². The Bertz CT molecular complexity index is 936. The van der Waals surface area contributed by atoms with Crippen molar-refractivity contribution in [1.82, 2.24) is 25.1 Å². The minimum Gasteiger partial charge on any atom is -0.495 e. The second-order valence-corrected chi connectivity index (χ2v) is 8.00. The Morgan fingerprint density at radius 2 is 1.71 bits per heavy atom. The van der Waals surface area contributed by atoms with E-state index in [2.05, 4.69) is 68.6 Å². The van der Waals surface area contributed by atoms with Gasteiger partial charge < -0.3 is 9.64 Å². The molecular weight excluding hydrogens is 388 g/mol. The maximum absolute atomic E-state index is 5.56. The summed E-state index contributed by atoms with van der Waals surface area (Å²) in [5.41, 5.74) is 2.48. The van der Waals surface area contributed by atoms with Crippen LogP contribution in [0.5, 0.6) is 5.75 Å². The highest BCUT2D eigenvalue weighted by Gasteiger charge is 2.29. The SMILES string of the molecule is CCC[C@H](c1nnnn1CCc1ccccc1)N1CCN(c2ccccc2OC)CC1. The quantitative estimate of drug-likeness (QED) is 0.527. The molecule has 0 radical (unpaired) electrons. The minimum absolute atomic E-state index is 0.246. The number of aromatic nitrogens is 4. The predicted molar refractivity (Wildman–Crippen MR) is 122 cm³/mol. The number of hydrogen-bond acceptors (Lipinski definition) is 6. The van der Waals surface area contributed by atoms with Crippen molar-refractivity contribution in [2.45, 2.75) is 38.8 Å². The standard InChI is InChI=1S/C24H32N6O/c1-3-9-22(24-25-26-27-30(24)15-14-20-10-5-4-6-11-20)29-18-16-28(17-19-29)21-12-7-8-13-23(21)31-2/h4-8,10-13,22H,3,9,14-19H2,1-2H3/t22-/m1/s1. The van der Waals surface area contributed by atoms with Gasteiger partial charge in [0.05, 0.1) is 18.8 Å². The van der Waals surface area contributed by atoms with E-state index in [0.717, 1.165) is 63.6 Å². The molecule has 1 aromatic heterocycles. The van der Waals surface area contributed by atoms with Crippen LogP contribution in [0.2, 0.25) is 0 Å². The lowest BCUT2D eigenvalue weighted by Gasteiger charge is -2.40. The molecule has 3 aromatic rings. The van der Waals surface area contributed by atoms with Crippen molar-refractivity contribution in [2.75, 3.05) is 38.2 Å². The van der Waals surface area contributed by atoms with E-state index in [9.17, 15) is 0 Å². The number of hydrogen-bond donors (Lipinski definition) is 0. The Labute approximate surface area is 184 Å². The number of piperazine rings is 1. The number of ether oxygens (including phenoxy) is 1. The average Bonchev–Trinajstić information content (AvgIpc) is 3.30. The largest absolute Gasteiger partial charge is 0.495 e. The summed E-state index contributed by atoms with van der Waals surface area (Å²) in [7, 11) is 1.74. The van der Waals surface area contributed by atoms with E-state index in [1.54, 1.807) is 7.11 Å². The summed E-state index contributed by atoms with van der Waals surface area (Å²) in [6.07, 6.45) is 3.09. The van der Waals surface area contributed by atoms with Crippen molar-refractivity contribution >= 4 is 5.69 Å². The van der Waals surface area contributed by atoms with E-state index in [1.165, 1.54) is 11.3 Å². The molecule has 0 N–H and O–H groups in total. The zero-order chi connectivity index (χ0) is 21.5. The minimum atomic E-state index is 0.246. The molecule has 0 amide bonds. The van der Waals surface area contributed by atoms with Crippen LogP contribution in [0.1, 0.15) is 37.2 Å². The van der Waals surface area contributed by atoms with Gasteiger partial charge in [-0.25, -0.2) is 4.68 Å². The summed E-state index contributed by atoms with van der Waals surface area (Å²) >= 11 is 0. The first-order chi connectivity index (χ1) is 15.3. The first kappa shape index (κ1) is 21.3. The van der Waals surface area contributed by atoms with E-state index in [4.69, 9.17) is 4.74 Å². The van der Waals surface area contributed by atoms with Crippen LogP contribution >= 0.6 is 0 Å². The third-order valence-corrected chi connectivity index (χ3v) is 6.06. The van der Waals surface area contributed by atoms with Gasteiger partial charge in [-0.1, -0.05) is 55.8 Å². The summed E-state index contributed by atoms with van der Waals surface area (Å²) in [5, 5.41) is 12.8. The van der Waals surface area contributed by atoms with Crippen LogP contribution < -0.4 is 9.64 Å². The number of tetrazole rings is 1. The van der Waals surface area contributed by atoms with Gasteiger partial charge >= 0.3 is 0 Å². The number of aryl methyl sites for hydroxylation is 2. The Balaban J connectivity index is 1.44. The average molecular weight is 421 g/mol. The zero-order valence-corrected chi connectivity index (χ0v) is 18.5. The first-order valence-electron chi connectivity index (χ1n) is 11.2. The van der Waals surface area contributed by atoms with Crippen molar-refractivity contribution in [3.63, 3.8) is 0 Å². The van der Waals surface area contributed by atoms with Gasteiger partial charge in [0.25, 0.3) is 0 Å². The molecular formula is C24H32N6O. The van der Waals surface area contributed by atoms with E-state index in [-0.39, 0.29) is 6.04 Å². The molecule has 7 nitrogen and oxygen atoms in total. The monoisotopic (exact) mass is 420 g/mol. The Hall–Kier alpha value is -2.93. The normalized spacial score (nSPS) is 15.7. The second kappa shape index (κ2) is 10.4. The van der Waals surface area contributed by atoms with Crippen molar-refractivity contribution in [3.05, 3.63) is 66.0 Å². The van der Waals surface area contributed by atoms with E-state index >= 15 is 0 Å². The maximum Gasteiger partial charge on any atom is 0.168 e. The van der Waals surface area contributed by atoms with Crippen LogP contribution in [-0.2, 0) is 13.0 Å². The summed E-state index contributed by atoms with van der Waals surface area (Å²) < 4.78 is 7.56. The summed E-state index contributed by atoms with van der Waals surface area (Å²) in [5.74, 6) is 1.93. The van der Waals surface area contributed by atoms with Crippen molar-refractivity contribution in [1.29, 1.82) is 0 Å². The summed E-state index contributed by atoms with van der Waals surface area (Å²) in [6, 6.07) is 19.0. The fourth-order valence-corrected chi connectivity index (χ4v) is 4.40. The molecule has 0 saturated carbocycles. The van der Waals surface area contributed by atoms with Crippen LogP contribution in [0, 0.1) is 0 Å². The Kier molecular flexibility index (Phi) is 7.14. The smallest absolute Gasteiger partial charge is 0.168 e. The van der Waals surface area contributed by atoms with Crippen LogP contribution in [-0.4, -0.2) is 58.4 Å². The highest BCUT2D eigenvalue weighted by Crippen LogP contribution is 2.31. The zero-order valence-electron chi connectivity index (χ0n) is 18.5. The topological polar surface area (TPSA) is 59.3 Å². The molecule has 0 aliphatic carbocycles. The molecule has 2 aromatic carbocycles. The molecule has 31 heavy (non-hydrogen) atoms.